The van der Waals surface area contributed by atoms with E-state index >= 15 is 0 Å². The van der Waals surface area contributed by atoms with Gasteiger partial charge in [0.05, 0.1) is 5.02 Å². The number of carbonyl (C=O) groups excluding carboxylic acids is 1. The van der Waals surface area contributed by atoms with E-state index in [1.165, 1.54) is 6.07 Å². The summed E-state index contributed by atoms with van der Waals surface area (Å²) in [6, 6.07) is 4.96. The first kappa shape index (κ1) is 17.0. The molecule has 4 nitrogen and oxygen atoms in total. The Bertz CT molecular complexity index is 560. The largest absolute Gasteiger partial charge is 0.444 e. The maximum atomic E-state index is 13.5. The van der Waals surface area contributed by atoms with Gasteiger partial charge in [-0.25, -0.2) is 9.18 Å². The van der Waals surface area contributed by atoms with Crippen LogP contribution in [-0.2, 0) is 4.74 Å². The highest BCUT2D eigenvalue weighted by Crippen LogP contribution is 2.27. The van der Waals surface area contributed by atoms with Crippen molar-refractivity contribution in [2.75, 3.05) is 0 Å². The van der Waals surface area contributed by atoms with E-state index in [2.05, 4.69) is 10.6 Å². The van der Waals surface area contributed by atoms with E-state index in [4.69, 9.17) is 16.3 Å². The number of alkyl carbamates (subject to hydrolysis) is 1. The van der Waals surface area contributed by atoms with Gasteiger partial charge in [0.1, 0.15) is 11.4 Å². The number of amides is 1. The lowest BCUT2D eigenvalue weighted by molar-refractivity contribution is 0.0522. The third kappa shape index (κ3) is 4.85. The average molecular weight is 329 g/mol. The minimum atomic E-state index is -0.504. The maximum Gasteiger partial charge on any atom is 0.407 e. The van der Waals surface area contributed by atoms with Crippen LogP contribution in [0.5, 0.6) is 0 Å². The monoisotopic (exact) mass is 328 g/mol. The van der Waals surface area contributed by atoms with Gasteiger partial charge in [0.25, 0.3) is 0 Å². The van der Waals surface area contributed by atoms with Crippen LogP contribution in [0.15, 0.2) is 18.2 Å². The van der Waals surface area contributed by atoms with Crippen molar-refractivity contribution in [2.24, 2.45) is 0 Å². The van der Waals surface area contributed by atoms with Crippen molar-refractivity contribution in [3.8, 4) is 0 Å². The van der Waals surface area contributed by atoms with E-state index in [-0.39, 0.29) is 23.1 Å². The number of halogens is 2. The molecule has 0 saturated heterocycles. The zero-order chi connectivity index (χ0) is 16.5. The van der Waals surface area contributed by atoms with Gasteiger partial charge in [0.15, 0.2) is 0 Å². The van der Waals surface area contributed by atoms with Gasteiger partial charge in [0, 0.05) is 18.1 Å². The Hall–Kier alpha value is -1.33. The summed E-state index contributed by atoms with van der Waals surface area (Å²) in [5, 5.41) is 6.29. The summed E-state index contributed by atoms with van der Waals surface area (Å²) in [4.78, 5) is 11.7. The van der Waals surface area contributed by atoms with E-state index < -0.39 is 17.5 Å². The normalized spacial score (nSPS) is 22.1. The Morgan fingerprint density at radius 1 is 1.41 bits per heavy atom. The first-order valence-corrected chi connectivity index (χ1v) is 7.74. The lowest BCUT2D eigenvalue weighted by atomic mass is 10.1. The molecule has 0 spiro atoms. The zero-order valence-electron chi connectivity index (χ0n) is 13.2. The SMILES string of the molecule is CC(NC1CC1NC(=O)OC(C)(C)C)c1ccc(Cl)c(F)c1. The van der Waals surface area contributed by atoms with E-state index in [0.29, 0.717) is 0 Å². The highest BCUT2D eigenvalue weighted by atomic mass is 35.5. The van der Waals surface area contributed by atoms with E-state index in [0.717, 1.165) is 12.0 Å². The average Bonchev–Trinajstić information content (AvgIpc) is 3.07. The molecule has 1 aromatic rings. The summed E-state index contributed by atoms with van der Waals surface area (Å²) in [6.07, 6.45) is 0.423. The quantitative estimate of drug-likeness (QED) is 0.884. The van der Waals surface area contributed by atoms with Gasteiger partial charge in [-0.05, 0) is 51.8 Å². The van der Waals surface area contributed by atoms with E-state index in [1.807, 2.05) is 27.7 Å². The molecule has 0 aliphatic heterocycles. The molecule has 0 heterocycles. The molecule has 0 bridgehead atoms. The predicted octanol–water partition coefficient (Wildman–Crippen LogP) is 3.80. The second-order valence-electron chi connectivity index (χ2n) is 6.66. The van der Waals surface area contributed by atoms with Crippen LogP contribution in [0.1, 0.15) is 45.7 Å². The molecule has 3 atom stereocenters. The molecule has 6 heteroatoms. The smallest absolute Gasteiger partial charge is 0.407 e. The number of hydrogen-bond donors (Lipinski definition) is 2. The molecule has 2 rings (SSSR count). The summed E-state index contributed by atoms with van der Waals surface area (Å²) in [7, 11) is 0. The molecule has 2 N–H and O–H groups in total. The Labute approximate surface area is 135 Å². The molecule has 1 saturated carbocycles. The van der Waals surface area contributed by atoms with Crippen molar-refractivity contribution >= 4 is 17.7 Å². The number of benzene rings is 1. The third-order valence-electron chi connectivity index (χ3n) is 3.40. The van der Waals surface area contributed by atoms with Gasteiger partial charge >= 0.3 is 6.09 Å². The van der Waals surface area contributed by atoms with Crippen molar-refractivity contribution in [1.82, 2.24) is 10.6 Å². The molecule has 1 fully saturated rings. The van der Waals surface area contributed by atoms with E-state index in [1.54, 1.807) is 12.1 Å². The predicted molar refractivity (Wildman–Crippen MR) is 84.5 cm³/mol. The summed E-state index contributed by atoms with van der Waals surface area (Å²) in [6.45, 7) is 7.43. The Balaban J connectivity index is 1.81. The molecule has 0 radical (unpaired) electrons. The summed E-state index contributed by atoms with van der Waals surface area (Å²) < 4.78 is 18.7. The zero-order valence-corrected chi connectivity index (χ0v) is 14.0. The second-order valence-corrected chi connectivity index (χ2v) is 7.06. The van der Waals surface area contributed by atoms with Crippen molar-refractivity contribution in [3.63, 3.8) is 0 Å². The van der Waals surface area contributed by atoms with Crippen LogP contribution < -0.4 is 10.6 Å². The highest BCUT2D eigenvalue weighted by molar-refractivity contribution is 6.30. The van der Waals surface area contributed by atoms with Crippen LogP contribution in [0.25, 0.3) is 0 Å². The van der Waals surface area contributed by atoms with Gasteiger partial charge in [-0.3, -0.25) is 0 Å². The van der Waals surface area contributed by atoms with Crippen molar-refractivity contribution < 1.29 is 13.9 Å². The number of carbonyl (C=O) groups is 1. The summed E-state index contributed by atoms with van der Waals surface area (Å²) in [5.41, 5.74) is 0.320. The summed E-state index contributed by atoms with van der Waals surface area (Å²) >= 11 is 5.68. The van der Waals surface area contributed by atoms with Gasteiger partial charge < -0.3 is 15.4 Å². The Morgan fingerprint density at radius 3 is 2.68 bits per heavy atom. The Kier molecular flexibility index (Phi) is 4.97. The standard InChI is InChI=1S/C16H22ClFN2O2/c1-9(10-5-6-11(17)12(18)7-10)19-13-8-14(13)20-15(21)22-16(2,3)4/h5-7,9,13-14,19H,8H2,1-4H3,(H,20,21). The first-order valence-electron chi connectivity index (χ1n) is 7.36. The Morgan fingerprint density at radius 2 is 2.09 bits per heavy atom. The lowest BCUT2D eigenvalue weighted by Gasteiger charge is -2.20. The van der Waals surface area contributed by atoms with Crippen LogP contribution in [-0.4, -0.2) is 23.8 Å². The molecule has 0 aromatic heterocycles. The van der Waals surface area contributed by atoms with Crippen molar-refractivity contribution in [1.29, 1.82) is 0 Å². The molecule has 1 aliphatic rings. The molecule has 1 aliphatic carbocycles. The highest BCUT2D eigenvalue weighted by Gasteiger charge is 2.40. The van der Waals surface area contributed by atoms with Gasteiger partial charge in [-0.1, -0.05) is 17.7 Å². The van der Waals surface area contributed by atoms with Gasteiger partial charge in [-0.2, -0.15) is 0 Å². The minimum absolute atomic E-state index is 0.0257. The minimum Gasteiger partial charge on any atom is -0.444 e. The number of ether oxygens (including phenoxy) is 1. The molecule has 22 heavy (non-hydrogen) atoms. The molecular formula is C16H22ClFN2O2. The fourth-order valence-electron chi connectivity index (χ4n) is 2.20. The number of nitrogens with one attached hydrogen (secondary N) is 2. The first-order chi connectivity index (χ1) is 10.2. The second kappa shape index (κ2) is 6.42. The summed E-state index contributed by atoms with van der Waals surface area (Å²) in [5.74, 6) is -0.424. The van der Waals surface area contributed by atoms with Gasteiger partial charge in [-0.15, -0.1) is 0 Å². The number of hydrogen-bond acceptors (Lipinski definition) is 3. The molecule has 122 valence electrons. The van der Waals surface area contributed by atoms with E-state index in [9.17, 15) is 9.18 Å². The fraction of sp³-hybridized carbons (Fsp3) is 0.562. The maximum absolute atomic E-state index is 13.5. The van der Waals surface area contributed by atoms with Crippen LogP contribution in [0.4, 0.5) is 9.18 Å². The molecule has 3 unspecified atom stereocenters. The van der Waals surface area contributed by atoms with Crippen LogP contribution in [0.2, 0.25) is 5.02 Å². The van der Waals surface area contributed by atoms with Gasteiger partial charge in [0.2, 0.25) is 0 Å². The van der Waals surface area contributed by atoms with Crippen LogP contribution in [0, 0.1) is 5.82 Å². The van der Waals surface area contributed by atoms with Crippen LogP contribution in [0.3, 0.4) is 0 Å². The van der Waals surface area contributed by atoms with Crippen molar-refractivity contribution in [2.45, 2.75) is 57.8 Å². The molecule has 1 aromatic carbocycles. The molecular weight excluding hydrogens is 307 g/mol. The third-order valence-corrected chi connectivity index (χ3v) is 3.71. The van der Waals surface area contributed by atoms with Crippen LogP contribution >= 0.6 is 11.6 Å². The van der Waals surface area contributed by atoms with Crippen molar-refractivity contribution in [3.05, 3.63) is 34.6 Å². The lowest BCUT2D eigenvalue weighted by Crippen LogP contribution is -2.37. The molecule has 1 amide bonds. The topological polar surface area (TPSA) is 50.4 Å². The number of rotatable bonds is 4. The fourth-order valence-corrected chi connectivity index (χ4v) is 2.31.